The summed E-state index contributed by atoms with van der Waals surface area (Å²) >= 11 is 0. The number of rotatable bonds is 3. The molecule has 0 heterocycles. The van der Waals surface area contributed by atoms with Crippen molar-refractivity contribution >= 4 is 23.4 Å². The first-order chi connectivity index (χ1) is 9.92. The Morgan fingerprint density at radius 1 is 1.24 bits per heavy atom. The molecule has 0 radical (unpaired) electrons. The normalized spacial score (nSPS) is 10.8. The zero-order valence-electron chi connectivity index (χ0n) is 12.3. The van der Waals surface area contributed by atoms with Crippen LogP contribution >= 0.6 is 0 Å². The second-order valence-electron chi connectivity index (χ2n) is 4.18. The van der Waals surface area contributed by atoms with Crippen molar-refractivity contribution in [2.45, 2.75) is 6.92 Å². The number of oxime groups is 1. The van der Waals surface area contributed by atoms with Gasteiger partial charge >= 0.3 is 0 Å². The second-order valence-corrected chi connectivity index (χ2v) is 4.18. The van der Waals surface area contributed by atoms with Crippen molar-refractivity contribution in [2.75, 3.05) is 21.2 Å². The molecular formula is C14H17N3O4. The van der Waals surface area contributed by atoms with Crippen LogP contribution in [0.3, 0.4) is 0 Å². The van der Waals surface area contributed by atoms with E-state index in [1.54, 1.807) is 18.2 Å². The van der Waals surface area contributed by atoms with E-state index in [0.717, 1.165) is 4.90 Å². The Morgan fingerprint density at radius 2 is 1.86 bits per heavy atom. The van der Waals surface area contributed by atoms with Gasteiger partial charge in [-0.2, -0.15) is 0 Å². The molecule has 0 aliphatic heterocycles. The number of hydrogen-bond donors (Lipinski definition) is 1. The van der Waals surface area contributed by atoms with Gasteiger partial charge in [-0.05, 0) is 19.1 Å². The van der Waals surface area contributed by atoms with Gasteiger partial charge in [-0.25, -0.2) is 0 Å². The maximum absolute atomic E-state index is 12.4. The first-order valence-corrected chi connectivity index (χ1v) is 6.14. The van der Waals surface area contributed by atoms with Gasteiger partial charge in [-0.15, -0.1) is 0 Å². The van der Waals surface area contributed by atoms with Gasteiger partial charge in [0, 0.05) is 25.2 Å². The second kappa shape index (κ2) is 7.18. The molecule has 0 spiro atoms. The average molecular weight is 291 g/mol. The largest absolute Gasteiger partial charge is 0.397 e. The lowest BCUT2D eigenvalue weighted by Crippen LogP contribution is -2.43. The first kappa shape index (κ1) is 16.4. The standard InChI is InChI=1S/C14H17N3O4/c1-9(18)10-6-5-7-11(8-10)14(20)17(3)12(16-21-4)13(19)15-2/h5-8H,1-4H3,(H,15,19). The third kappa shape index (κ3) is 3.88. The van der Waals surface area contributed by atoms with Crippen LogP contribution < -0.4 is 5.32 Å². The summed E-state index contributed by atoms with van der Waals surface area (Å²) in [6.45, 7) is 1.41. The van der Waals surface area contributed by atoms with E-state index in [-0.39, 0.29) is 17.2 Å². The van der Waals surface area contributed by atoms with Gasteiger partial charge in [0.2, 0.25) is 5.84 Å². The Kier molecular flexibility index (Phi) is 5.59. The zero-order valence-corrected chi connectivity index (χ0v) is 12.3. The van der Waals surface area contributed by atoms with Gasteiger partial charge < -0.3 is 10.2 Å². The molecule has 1 N–H and O–H groups in total. The van der Waals surface area contributed by atoms with E-state index < -0.39 is 11.8 Å². The smallest absolute Gasteiger partial charge is 0.290 e. The van der Waals surface area contributed by atoms with E-state index >= 15 is 0 Å². The summed E-state index contributed by atoms with van der Waals surface area (Å²) in [5.74, 6) is -1.37. The monoisotopic (exact) mass is 291 g/mol. The van der Waals surface area contributed by atoms with Gasteiger partial charge in [-0.1, -0.05) is 17.3 Å². The van der Waals surface area contributed by atoms with E-state index in [1.807, 2.05) is 0 Å². The molecule has 1 aromatic carbocycles. The molecule has 0 saturated carbocycles. The summed E-state index contributed by atoms with van der Waals surface area (Å²) in [6.07, 6.45) is 0. The molecule has 1 aromatic rings. The summed E-state index contributed by atoms with van der Waals surface area (Å²) in [5, 5.41) is 5.91. The highest BCUT2D eigenvalue weighted by Gasteiger charge is 2.23. The van der Waals surface area contributed by atoms with Gasteiger partial charge in [0.1, 0.15) is 7.11 Å². The molecule has 0 bridgehead atoms. The molecule has 0 unspecified atom stereocenters. The van der Waals surface area contributed by atoms with Crippen LogP contribution in [0.2, 0.25) is 0 Å². The number of Topliss-reactive ketones (excluding diaryl/α,β-unsaturated/α-hetero) is 1. The third-order valence-electron chi connectivity index (χ3n) is 2.75. The maximum Gasteiger partial charge on any atom is 0.290 e. The lowest BCUT2D eigenvalue weighted by atomic mass is 10.1. The van der Waals surface area contributed by atoms with E-state index in [9.17, 15) is 14.4 Å². The van der Waals surface area contributed by atoms with Gasteiger partial charge in [-0.3, -0.25) is 19.3 Å². The third-order valence-corrected chi connectivity index (χ3v) is 2.75. The Labute approximate surface area is 122 Å². The summed E-state index contributed by atoms with van der Waals surface area (Å²) in [4.78, 5) is 41.0. The highest BCUT2D eigenvalue weighted by molar-refractivity contribution is 6.40. The van der Waals surface area contributed by atoms with Crippen LogP contribution in [0.4, 0.5) is 0 Å². The average Bonchev–Trinajstić information content (AvgIpc) is 2.50. The molecule has 0 aliphatic carbocycles. The molecule has 21 heavy (non-hydrogen) atoms. The Bertz CT molecular complexity index is 596. The summed E-state index contributed by atoms with van der Waals surface area (Å²) in [7, 11) is 4.09. The van der Waals surface area contributed by atoms with Crippen LogP contribution in [0.25, 0.3) is 0 Å². The molecule has 0 saturated heterocycles. The zero-order chi connectivity index (χ0) is 16.0. The molecule has 0 atom stereocenters. The number of nitrogens with one attached hydrogen (secondary N) is 1. The molecule has 112 valence electrons. The minimum atomic E-state index is -0.560. The van der Waals surface area contributed by atoms with Gasteiger partial charge in [0.15, 0.2) is 5.78 Å². The number of amides is 2. The van der Waals surface area contributed by atoms with Crippen molar-refractivity contribution in [1.82, 2.24) is 10.2 Å². The quantitative estimate of drug-likeness (QED) is 0.383. The number of amidine groups is 1. The number of hydrogen-bond acceptors (Lipinski definition) is 5. The Balaban J connectivity index is 3.11. The molecule has 0 fully saturated rings. The predicted molar refractivity (Wildman–Crippen MR) is 77.1 cm³/mol. The topological polar surface area (TPSA) is 88.1 Å². The number of likely N-dealkylation sites (N-methyl/N-ethyl adjacent to an activating group) is 2. The highest BCUT2D eigenvalue weighted by atomic mass is 16.6. The SMILES string of the molecule is CNC(=O)C(=NOC)N(C)C(=O)c1cccc(C(C)=O)c1. The summed E-state index contributed by atoms with van der Waals surface area (Å²) < 4.78 is 0. The van der Waals surface area contributed by atoms with Crippen molar-refractivity contribution in [2.24, 2.45) is 5.16 Å². The molecular weight excluding hydrogens is 274 g/mol. The predicted octanol–water partition coefficient (Wildman–Crippen LogP) is 0.667. The first-order valence-electron chi connectivity index (χ1n) is 6.14. The lowest BCUT2D eigenvalue weighted by Gasteiger charge is -2.17. The minimum Gasteiger partial charge on any atom is -0.397 e. The van der Waals surface area contributed by atoms with E-state index in [0.29, 0.717) is 5.56 Å². The fourth-order valence-corrected chi connectivity index (χ4v) is 1.61. The Hall–Kier alpha value is -2.70. The van der Waals surface area contributed by atoms with Crippen molar-refractivity contribution in [1.29, 1.82) is 0 Å². The minimum absolute atomic E-state index is 0.149. The number of carbonyl (C=O) groups is 3. The van der Waals surface area contributed by atoms with Crippen molar-refractivity contribution in [3.63, 3.8) is 0 Å². The van der Waals surface area contributed by atoms with Crippen molar-refractivity contribution < 1.29 is 19.2 Å². The van der Waals surface area contributed by atoms with E-state index in [2.05, 4.69) is 15.3 Å². The van der Waals surface area contributed by atoms with Crippen LogP contribution in [0.15, 0.2) is 29.4 Å². The van der Waals surface area contributed by atoms with Crippen LogP contribution in [-0.4, -0.2) is 49.5 Å². The molecule has 2 amide bonds. The van der Waals surface area contributed by atoms with Gasteiger partial charge in [0.05, 0.1) is 0 Å². The van der Waals surface area contributed by atoms with Crippen LogP contribution in [0, 0.1) is 0 Å². The van der Waals surface area contributed by atoms with E-state index in [1.165, 1.54) is 34.2 Å². The molecule has 1 rings (SSSR count). The maximum atomic E-state index is 12.4. The molecule has 0 aromatic heterocycles. The van der Waals surface area contributed by atoms with Crippen LogP contribution in [0.1, 0.15) is 27.6 Å². The summed E-state index contributed by atoms with van der Waals surface area (Å²) in [6, 6.07) is 6.24. The summed E-state index contributed by atoms with van der Waals surface area (Å²) in [5.41, 5.74) is 0.692. The van der Waals surface area contributed by atoms with Crippen molar-refractivity contribution in [3.05, 3.63) is 35.4 Å². The number of ketones is 1. The highest BCUT2D eigenvalue weighted by Crippen LogP contribution is 2.09. The fourth-order valence-electron chi connectivity index (χ4n) is 1.61. The number of nitrogens with zero attached hydrogens (tertiary/aromatic N) is 2. The number of benzene rings is 1. The molecule has 7 nitrogen and oxygen atoms in total. The fraction of sp³-hybridized carbons (Fsp3) is 0.286. The Morgan fingerprint density at radius 3 is 2.38 bits per heavy atom. The molecule has 7 heteroatoms. The lowest BCUT2D eigenvalue weighted by molar-refractivity contribution is -0.115. The van der Waals surface area contributed by atoms with Crippen LogP contribution in [0.5, 0.6) is 0 Å². The molecule has 0 aliphatic rings. The number of carbonyl (C=O) groups excluding carboxylic acids is 3. The van der Waals surface area contributed by atoms with E-state index in [4.69, 9.17) is 0 Å². The van der Waals surface area contributed by atoms with Crippen molar-refractivity contribution in [3.8, 4) is 0 Å². The van der Waals surface area contributed by atoms with Gasteiger partial charge in [0.25, 0.3) is 11.8 Å². The van der Waals surface area contributed by atoms with Crippen LogP contribution in [-0.2, 0) is 9.63 Å².